The van der Waals surface area contributed by atoms with Gasteiger partial charge in [-0.1, -0.05) is 0 Å². The molecule has 0 aromatic carbocycles. The van der Waals surface area contributed by atoms with Crippen molar-refractivity contribution in [3.8, 4) is 11.5 Å². The number of fused-ring (bicyclic) bond motifs is 1. The van der Waals surface area contributed by atoms with Crippen LogP contribution in [0.5, 0.6) is 0 Å². The Kier molecular flexibility index (Phi) is 1.53. The fourth-order valence-corrected chi connectivity index (χ4v) is 2.73. The van der Waals surface area contributed by atoms with Crippen LogP contribution in [-0.4, -0.2) is 30.8 Å². The molecule has 2 aromatic heterocycles. The van der Waals surface area contributed by atoms with Gasteiger partial charge in [0, 0.05) is 11.3 Å². The van der Waals surface area contributed by atoms with Gasteiger partial charge in [0.15, 0.2) is 0 Å². The van der Waals surface area contributed by atoms with Gasteiger partial charge in [-0.3, -0.25) is 5.10 Å². The average molecular weight is 216 g/mol. The van der Waals surface area contributed by atoms with Crippen LogP contribution in [0.15, 0.2) is 0 Å². The Morgan fingerprint density at radius 2 is 2.00 bits per heavy atom. The zero-order valence-corrected chi connectivity index (χ0v) is 8.77. The highest BCUT2D eigenvalue weighted by molar-refractivity contribution is 5.56. The number of H-pyrrole nitrogens is 2. The third-order valence-corrected chi connectivity index (χ3v) is 3.73. The summed E-state index contributed by atoms with van der Waals surface area (Å²) in [5, 5.41) is 21.4. The van der Waals surface area contributed by atoms with Crippen molar-refractivity contribution in [1.82, 2.24) is 30.8 Å². The van der Waals surface area contributed by atoms with Crippen LogP contribution in [0.25, 0.3) is 11.5 Å². The predicted molar refractivity (Wildman–Crippen MR) is 55.4 cm³/mol. The molecule has 1 unspecified atom stereocenters. The summed E-state index contributed by atoms with van der Waals surface area (Å²) in [4.78, 5) is 0. The lowest BCUT2D eigenvalue weighted by Gasteiger charge is -2.05. The van der Waals surface area contributed by atoms with Crippen LogP contribution >= 0.6 is 0 Å². The fraction of sp³-hybridized carbons (Fsp3) is 0.600. The Morgan fingerprint density at radius 1 is 1.06 bits per heavy atom. The minimum Gasteiger partial charge on any atom is -0.282 e. The number of nitrogens with one attached hydrogen (secondary N) is 2. The highest BCUT2D eigenvalue weighted by atomic mass is 15.5. The van der Waals surface area contributed by atoms with Crippen molar-refractivity contribution in [3.05, 3.63) is 11.3 Å². The van der Waals surface area contributed by atoms with Crippen molar-refractivity contribution >= 4 is 0 Å². The Labute approximate surface area is 91.8 Å². The molecular weight excluding hydrogens is 204 g/mol. The summed E-state index contributed by atoms with van der Waals surface area (Å²) in [6.07, 6.45) is 5.07. The van der Waals surface area contributed by atoms with Gasteiger partial charge in [0.25, 0.3) is 0 Å². The smallest absolute Gasteiger partial charge is 0.225 e. The molecule has 1 fully saturated rings. The van der Waals surface area contributed by atoms with E-state index in [4.69, 9.17) is 0 Å². The zero-order valence-electron chi connectivity index (χ0n) is 8.77. The summed E-state index contributed by atoms with van der Waals surface area (Å²) < 4.78 is 0. The van der Waals surface area contributed by atoms with E-state index in [1.165, 1.54) is 24.1 Å². The maximum absolute atomic E-state index is 4.28. The largest absolute Gasteiger partial charge is 0.282 e. The highest BCUT2D eigenvalue weighted by Crippen LogP contribution is 2.44. The first-order valence-corrected chi connectivity index (χ1v) is 5.72. The highest BCUT2D eigenvalue weighted by Gasteiger charge is 2.38. The van der Waals surface area contributed by atoms with Crippen molar-refractivity contribution in [2.75, 3.05) is 0 Å². The minimum absolute atomic E-state index is 0.606. The van der Waals surface area contributed by atoms with Gasteiger partial charge in [-0.15, -0.1) is 10.2 Å². The molecule has 0 bridgehead atoms. The summed E-state index contributed by atoms with van der Waals surface area (Å²) in [6, 6.07) is 0. The molecule has 6 heteroatoms. The second-order valence-electron chi connectivity index (χ2n) is 4.77. The van der Waals surface area contributed by atoms with Gasteiger partial charge in [-0.2, -0.15) is 10.3 Å². The Bertz CT molecular complexity index is 509. The summed E-state index contributed by atoms with van der Waals surface area (Å²) in [5.74, 6) is 2.36. The summed E-state index contributed by atoms with van der Waals surface area (Å²) in [7, 11) is 0. The van der Waals surface area contributed by atoms with Crippen LogP contribution in [-0.2, 0) is 12.8 Å². The van der Waals surface area contributed by atoms with Crippen molar-refractivity contribution in [3.63, 3.8) is 0 Å². The first-order valence-electron chi connectivity index (χ1n) is 5.72. The van der Waals surface area contributed by atoms with Gasteiger partial charge in [0.2, 0.25) is 5.82 Å². The van der Waals surface area contributed by atoms with Gasteiger partial charge in [0.1, 0.15) is 5.69 Å². The van der Waals surface area contributed by atoms with E-state index in [9.17, 15) is 0 Å². The van der Waals surface area contributed by atoms with Crippen molar-refractivity contribution in [2.24, 2.45) is 11.8 Å². The van der Waals surface area contributed by atoms with Crippen LogP contribution in [0.4, 0.5) is 0 Å². The first kappa shape index (κ1) is 8.43. The third kappa shape index (κ3) is 1.12. The maximum atomic E-state index is 4.28. The number of tetrazole rings is 1. The number of nitrogens with zero attached hydrogens (tertiary/aromatic N) is 4. The topological polar surface area (TPSA) is 83.1 Å². The van der Waals surface area contributed by atoms with E-state index >= 15 is 0 Å². The molecule has 2 N–H and O–H groups in total. The predicted octanol–water partition coefficient (Wildman–Crippen LogP) is 0.715. The summed E-state index contributed by atoms with van der Waals surface area (Å²) in [6.45, 7) is 0. The lowest BCUT2D eigenvalue weighted by molar-refractivity contribution is 0.485. The SMILES string of the molecule is C1CC1C1Cc2[nH]nc(-c3nn[nH]n3)c2C1. The van der Waals surface area contributed by atoms with Gasteiger partial charge in [-0.05, 0) is 42.7 Å². The van der Waals surface area contributed by atoms with Gasteiger partial charge in [-0.25, -0.2) is 0 Å². The van der Waals surface area contributed by atoms with Gasteiger partial charge >= 0.3 is 0 Å². The van der Waals surface area contributed by atoms with Crippen LogP contribution in [0.2, 0.25) is 0 Å². The number of rotatable bonds is 2. The fourth-order valence-electron chi connectivity index (χ4n) is 2.73. The monoisotopic (exact) mass is 216 g/mol. The first-order chi connectivity index (χ1) is 7.92. The number of hydrogen-bond acceptors (Lipinski definition) is 4. The molecule has 2 heterocycles. The van der Waals surface area contributed by atoms with E-state index < -0.39 is 0 Å². The third-order valence-electron chi connectivity index (χ3n) is 3.73. The van der Waals surface area contributed by atoms with Crippen LogP contribution in [0.3, 0.4) is 0 Å². The molecule has 0 aliphatic heterocycles. The quantitative estimate of drug-likeness (QED) is 0.774. The molecule has 0 amide bonds. The molecule has 0 spiro atoms. The van der Waals surface area contributed by atoms with Crippen LogP contribution in [0, 0.1) is 11.8 Å². The molecule has 0 saturated heterocycles. The van der Waals surface area contributed by atoms with Crippen molar-refractivity contribution < 1.29 is 0 Å². The number of hydrogen-bond donors (Lipinski definition) is 2. The molecule has 2 aliphatic carbocycles. The van der Waals surface area contributed by atoms with E-state index in [2.05, 4.69) is 30.8 Å². The standard InChI is InChI=1S/C10H12N6/c1-2-5(1)6-3-7-8(4-6)11-12-9(7)10-13-15-16-14-10/h5-6H,1-4H2,(H,11,12)(H,13,14,15,16). The molecule has 6 nitrogen and oxygen atoms in total. The second kappa shape index (κ2) is 2.90. The van der Waals surface area contributed by atoms with E-state index in [0.717, 1.165) is 30.4 Å². The van der Waals surface area contributed by atoms with E-state index in [0.29, 0.717) is 5.82 Å². The lowest BCUT2D eigenvalue weighted by Crippen LogP contribution is -2.03. The lowest BCUT2D eigenvalue weighted by atomic mass is 10.0. The molecular formula is C10H12N6. The molecule has 2 aliphatic rings. The molecule has 2 aromatic rings. The van der Waals surface area contributed by atoms with Gasteiger partial charge in [0.05, 0.1) is 0 Å². The van der Waals surface area contributed by atoms with Crippen molar-refractivity contribution in [1.29, 1.82) is 0 Å². The molecule has 4 rings (SSSR count). The molecule has 16 heavy (non-hydrogen) atoms. The maximum Gasteiger partial charge on any atom is 0.225 e. The molecule has 1 atom stereocenters. The second-order valence-corrected chi connectivity index (χ2v) is 4.77. The molecule has 82 valence electrons. The molecule has 0 radical (unpaired) electrons. The number of aromatic amines is 2. The molecule has 1 saturated carbocycles. The number of aromatic nitrogens is 6. The Morgan fingerprint density at radius 3 is 2.75 bits per heavy atom. The van der Waals surface area contributed by atoms with Crippen molar-refractivity contribution in [2.45, 2.75) is 25.7 Å². The van der Waals surface area contributed by atoms with E-state index in [1.807, 2.05) is 0 Å². The Hall–Kier alpha value is -1.72. The van der Waals surface area contributed by atoms with E-state index in [-0.39, 0.29) is 0 Å². The zero-order chi connectivity index (χ0) is 10.5. The summed E-state index contributed by atoms with van der Waals surface area (Å²) >= 11 is 0. The average Bonchev–Trinajstić information content (AvgIpc) is 2.76. The summed E-state index contributed by atoms with van der Waals surface area (Å²) in [5.41, 5.74) is 3.46. The van der Waals surface area contributed by atoms with Crippen LogP contribution in [0.1, 0.15) is 24.1 Å². The minimum atomic E-state index is 0.606. The van der Waals surface area contributed by atoms with Crippen LogP contribution < -0.4 is 0 Å². The normalized spacial score (nSPS) is 23.6. The van der Waals surface area contributed by atoms with Gasteiger partial charge < -0.3 is 0 Å². The Balaban J connectivity index is 1.72. The van der Waals surface area contributed by atoms with E-state index in [1.54, 1.807) is 0 Å².